The number of aromatic nitrogens is 2. The van der Waals surface area contributed by atoms with Gasteiger partial charge in [0.25, 0.3) is 0 Å². The second-order valence-corrected chi connectivity index (χ2v) is 2.57. The SMILES string of the molecule is Cc1ccc2nc(O)cn2c1. The van der Waals surface area contributed by atoms with Gasteiger partial charge in [-0.3, -0.25) is 0 Å². The Kier molecular flexibility index (Phi) is 1.12. The molecule has 56 valence electrons. The summed E-state index contributed by atoms with van der Waals surface area (Å²) in [5.41, 5.74) is 1.92. The predicted octanol–water partition coefficient (Wildman–Crippen LogP) is 1.35. The van der Waals surface area contributed by atoms with Gasteiger partial charge < -0.3 is 9.51 Å². The third-order valence-corrected chi connectivity index (χ3v) is 1.59. The summed E-state index contributed by atoms with van der Waals surface area (Å²) in [4.78, 5) is 3.87. The lowest BCUT2D eigenvalue weighted by Crippen LogP contribution is -1.82. The van der Waals surface area contributed by atoms with Gasteiger partial charge >= 0.3 is 0 Å². The number of hydrogen-bond acceptors (Lipinski definition) is 2. The molecule has 0 saturated heterocycles. The second kappa shape index (κ2) is 1.99. The van der Waals surface area contributed by atoms with Crippen LogP contribution in [0.4, 0.5) is 0 Å². The quantitative estimate of drug-likeness (QED) is 0.612. The molecule has 0 spiro atoms. The second-order valence-electron chi connectivity index (χ2n) is 2.57. The summed E-state index contributed by atoms with van der Waals surface area (Å²) in [5, 5.41) is 9.02. The van der Waals surface area contributed by atoms with Crippen LogP contribution >= 0.6 is 0 Å². The highest BCUT2D eigenvalue weighted by Crippen LogP contribution is 2.10. The van der Waals surface area contributed by atoms with Crippen LogP contribution in [-0.2, 0) is 0 Å². The molecule has 3 nitrogen and oxygen atoms in total. The summed E-state index contributed by atoms with van der Waals surface area (Å²) in [6.45, 7) is 2.00. The number of fused-ring (bicyclic) bond motifs is 1. The Bertz CT molecular complexity index is 392. The van der Waals surface area contributed by atoms with E-state index < -0.39 is 0 Å². The molecule has 0 amide bonds. The Balaban J connectivity index is 2.82. The summed E-state index contributed by atoms with van der Waals surface area (Å²) in [7, 11) is 0. The fourth-order valence-electron chi connectivity index (χ4n) is 1.09. The maximum atomic E-state index is 9.02. The van der Waals surface area contributed by atoms with Crippen molar-refractivity contribution in [2.45, 2.75) is 6.92 Å². The molecule has 0 aliphatic heterocycles. The number of rotatable bonds is 0. The van der Waals surface area contributed by atoms with Gasteiger partial charge in [0.1, 0.15) is 5.65 Å². The van der Waals surface area contributed by atoms with Gasteiger partial charge in [-0.25, -0.2) is 0 Å². The number of pyridine rings is 1. The Morgan fingerprint density at radius 1 is 1.36 bits per heavy atom. The minimum atomic E-state index is 0.0654. The average molecular weight is 148 g/mol. The smallest absolute Gasteiger partial charge is 0.230 e. The van der Waals surface area contributed by atoms with Gasteiger partial charge in [0.05, 0.1) is 6.20 Å². The van der Waals surface area contributed by atoms with Crippen LogP contribution in [0.3, 0.4) is 0 Å². The van der Waals surface area contributed by atoms with E-state index in [4.69, 9.17) is 5.11 Å². The zero-order valence-electron chi connectivity index (χ0n) is 6.15. The predicted molar refractivity (Wildman–Crippen MR) is 41.6 cm³/mol. The van der Waals surface area contributed by atoms with Crippen molar-refractivity contribution in [3.63, 3.8) is 0 Å². The van der Waals surface area contributed by atoms with Crippen molar-refractivity contribution in [1.29, 1.82) is 0 Å². The van der Waals surface area contributed by atoms with Crippen LogP contribution < -0.4 is 0 Å². The fourth-order valence-corrected chi connectivity index (χ4v) is 1.09. The summed E-state index contributed by atoms with van der Waals surface area (Å²) in [5.74, 6) is 0.0654. The minimum Gasteiger partial charge on any atom is -0.492 e. The molecule has 0 fully saturated rings. The van der Waals surface area contributed by atoms with Crippen LogP contribution in [0.1, 0.15) is 5.56 Å². The first-order chi connectivity index (χ1) is 5.25. The van der Waals surface area contributed by atoms with Crippen LogP contribution in [0.5, 0.6) is 5.88 Å². The van der Waals surface area contributed by atoms with E-state index in [1.807, 2.05) is 25.3 Å². The van der Waals surface area contributed by atoms with Gasteiger partial charge in [0, 0.05) is 6.20 Å². The molecular formula is C8H8N2O. The van der Waals surface area contributed by atoms with E-state index in [1.165, 1.54) is 0 Å². The zero-order chi connectivity index (χ0) is 7.84. The molecule has 0 aromatic carbocycles. The molecule has 0 bridgehead atoms. The molecule has 2 aromatic rings. The molecule has 1 N–H and O–H groups in total. The lowest BCUT2D eigenvalue weighted by Gasteiger charge is -1.92. The van der Waals surface area contributed by atoms with E-state index in [9.17, 15) is 0 Å². The zero-order valence-corrected chi connectivity index (χ0v) is 6.15. The molecule has 0 aliphatic carbocycles. The van der Waals surface area contributed by atoms with Gasteiger partial charge in [-0.05, 0) is 18.6 Å². The highest BCUT2D eigenvalue weighted by molar-refractivity contribution is 5.42. The Morgan fingerprint density at radius 3 is 3.00 bits per heavy atom. The first-order valence-electron chi connectivity index (χ1n) is 3.40. The van der Waals surface area contributed by atoms with Gasteiger partial charge in [-0.2, -0.15) is 4.98 Å². The highest BCUT2D eigenvalue weighted by Gasteiger charge is 1.96. The first-order valence-corrected chi connectivity index (χ1v) is 3.40. The van der Waals surface area contributed by atoms with E-state index >= 15 is 0 Å². The van der Waals surface area contributed by atoms with Crippen molar-refractivity contribution in [3.8, 4) is 5.88 Å². The monoisotopic (exact) mass is 148 g/mol. The van der Waals surface area contributed by atoms with E-state index in [0.29, 0.717) is 0 Å². The molecule has 2 aromatic heterocycles. The van der Waals surface area contributed by atoms with E-state index in [-0.39, 0.29) is 5.88 Å². The normalized spacial score (nSPS) is 10.6. The summed E-state index contributed by atoms with van der Waals surface area (Å²) in [6, 6.07) is 3.83. The van der Waals surface area contributed by atoms with Gasteiger partial charge in [0.2, 0.25) is 5.88 Å². The van der Waals surface area contributed by atoms with Crippen molar-refractivity contribution >= 4 is 5.65 Å². The molecule has 11 heavy (non-hydrogen) atoms. The minimum absolute atomic E-state index is 0.0654. The van der Waals surface area contributed by atoms with Crippen LogP contribution in [0.25, 0.3) is 5.65 Å². The molecule has 3 heteroatoms. The molecule has 0 saturated carbocycles. The number of aromatic hydroxyl groups is 1. The van der Waals surface area contributed by atoms with Crippen molar-refractivity contribution in [2.75, 3.05) is 0 Å². The number of imidazole rings is 1. The summed E-state index contributed by atoms with van der Waals surface area (Å²) >= 11 is 0. The Hall–Kier alpha value is -1.51. The fraction of sp³-hybridized carbons (Fsp3) is 0.125. The van der Waals surface area contributed by atoms with Crippen LogP contribution in [-0.4, -0.2) is 14.5 Å². The lowest BCUT2D eigenvalue weighted by atomic mass is 10.3. The summed E-state index contributed by atoms with van der Waals surface area (Å²) in [6.07, 6.45) is 3.50. The topological polar surface area (TPSA) is 37.5 Å². The highest BCUT2D eigenvalue weighted by atomic mass is 16.3. The van der Waals surface area contributed by atoms with Gasteiger partial charge in [-0.1, -0.05) is 6.07 Å². The van der Waals surface area contributed by atoms with Crippen molar-refractivity contribution in [2.24, 2.45) is 0 Å². The standard InChI is InChI=1S/C8H8N2O/c1-6-2-3-7-9-8(11)5-10(7)4-6/h2-5,11H,1H3. The maximum Gasteiger partial charge on any atom is 0.230 e. The largest absolute Gasteiger partial charge is 0.492 e. The van der Waals surface area contributed by atoms with E-state index in [0.717, 1.165) is 11.2 Å². The molecule has 0 aliphatic rings. The molecular weight excluding hydrogens is 140 g/mol. The van der Waals surface area contributed by atoms with Crippen molar-refractivity contribution < 1.29 is 5.11 Å². The van der Waals surface area contributed by atoms with Crippen LogP contribution in [0.15, 0.2) is 24.5 Å². The third-order valence-electron chi connectivity index (χ3n) is 1.59. The van der Waals surface area contributed by atoms with Crippen LogP contribution in [0, 0.1) is 6.92 Å². The van der Waals surface area contributed by atoms with Gasteiger partial charge in [-0.15, -0.1) is 0 Å². The van der Waals surface area contributed by atoms with E-state index in [1.54, 1.807) is 10.6 Å². The third kappa shape index (κ3) is 0.941. The van der Waals surface area contributed by atoms with Crippen molar-refractivity contribution in [3.05, 3.63) is 30.1 Å². The maximum absolute atomic E-state index is 9.02. The molecule has 2 rings (SSSR count). The first kappa shape index (κ1) is 6.22. The van der Waals surface area contributed by atoms with Crippen LogP contribution in [0.2, 0.25) is 0 Å². The molecule has 2 heterocycles. The molecule has 0 atom stereocenters. The number of hydrogen-bond donors (Lipinski definition) is 1. The molecule has 0 radical (unpaired) electrons. The number of nitrogens with zero attached hydrogens (tertiary/aromatic N) is 2. The Labute approximate surface area is 63.9 Å². The van der Waals surface area contributed by atoms with Gasteiger partial charge in [0.15, 0.2) is 0 Å². The molecule has 0 unspecified atom stereocenters. The van der Waals surface area contributed by atoms with Crippen molar-refractivity contribution in [1.82, 2.24) is 9.38 Å². The Morgan fingerprint density at radius 2 is 2.18 bits per heavy atom. The van der Waals surface area contributed by atoms with E-state index in [2.05, 4.69) is 4.98 Å². The number of aryl methyl sites for hydroxylation is 1. The summed E-state index contributed by atoms with van der Waals surface area (Å²) < 4.78 is 1.80. The average Bonchev–Trinajstić information content (AvgIpc) is 2.27. The lowest BCUT2D eigenvalue weighted by molar-refractivity contribution is 0.457.